The van der Waals surface area contributed by atoms with E-state index >= 15 is 0 Å². The summed E-state index contributed by atoms with van der Waals surface area (Å²) in [5, 5.41) is 2.41. The van der Waals surface area contributed by atoms with Crippen molar-refractivity contribution in [1.82, 2.24) is 0 Å². The summed E-state index contributed by atoms with van der Waals surface area (Å²) in [6, 6.07) is 9.87. The van der Waals surface area contributed by atoms with Gasteiger partial charge in [-0.25, -0.2) is 8.78 Å². The summed E-state index contributed by atoms with van der Waals surface area (Å²) in [5.74, 6) is -2.29. The van der Waals surface area contributed by atoms with Crippen molar-refractivity contribution in [3.63, 3.8) is 0 Å². The highest BCUT2D eigenvalue weighted by atomic mass is 19.1. The Kier molecular flexibility index (Phi) is 4.65. The van der Waals surface area contributed by atoms with Crippen LogP contribution in [0.25, 0.3) is 0 Å². The summed E-state index contributed by atoms with van der Waals surface area (Å²) in [7, 11) is 1.53. The second kappa shape index (κ2) is 6.88. The van der Waals surface area contributed by atoms with Gasteiger partial charge < -0.3 is 15.0 Å². The normalized spacial score (nSPS) is 16.8. The molecule has 7 heteroatoms. The van der Waals surface area contributed by atoms with Crippen molar-refractivity contribution in [3.05, 3.63) is 54.1 Å². The van der Waals surface area contributed by atoms with Crippen LogP contribution < -0.4 is 15.0 Å². The molecule has 0 aromatic heterocycles. The van der Waals surface area contributed by atoms with E-state index in [0.29, 0.717) is 17.5 Å². The van der Waals surface area contributed by atoms with Crippen molar-refractivity contribution < 1.29 is 23.1 Å². The monoisotopic (exact) mass is 346 g/mol. The zero-order valence-electron chi connectivity index (χ0n) is 13.5. The Bertz CT molecular complexity index is 826. The average Bonchev–Trinajstić information content (AvgIpc) is 2.99. The van der Waals surface area contributed by atoms with Gasteiger partial charge in [0.25, 0.3) is 0 Å². The second-order valence-corrected chi connectivity index (χ2v) is 5.72. The number of ether oxygens (including phenoxy) is 1. The number of anilines is 2. The molecule has 1 N–H and O–H groups in total. The first-order valence-electron chi connectivity index (χ1n) is 7.68. The van der Waals surface area contributed by atoms with Crippen LogP contribution in [0.2, 0.25) is 0 Å². The molecule has 0 spiro atoms. The molecule has 3 rings (SSSR count). The Morgan fingerprint density at radius 2 is 2.04 bits per heavy atom. The van der Waals surface area contributed by atoms with E-state index in [1.165, 1.54) is 12.0 Å². The standard InChI is InChI=1S/C18H16F2N2O3/c1-25-14-4-2-3-13(9-14)22-10-11(7-17(22)23)18(24)21-16-6-5-12(19)8-15(16)20/h2-6,8-9,11H,7,10H2,1H3,(H,21,24)/t11-/m1/s1. The van der Waals surface area contributed by atoms with E-state index in [9.17, 15) is 18.4 Å². The molecule has 1 atom stereocenters. The van der Waals surface area contributed by atoms with Crippen LogP contribution in [0.15, 0.2) is 42.5 Å². The third-order valence-electron chi connectivity index (χ3n) is 4.05. The molecule has 1 heterocycles. The molecule has 25 heavy (non-hydrogen) atoms. The van der Waals surface area contributed by atoms with Crippen LogP contribution in [0.3, 0.4) is 0 Å². The van der Waals surface area contributed by atoms with Crippen molar-refractivity contribution in [2.24, 2.45) is 5.92 Å². The average molecular weight is 346 g/mol. The molecule has 0 radical (unpaired) electrons. The van der Waals surface area contributed by atoms with E-state index in [-0.39, 0.29) is 24.6 Å². The molecule has 2 aromatic carbocycles. The van der Waals surface area contributed by atoms with E-state index in [1.54, 1.807) is 24.3 Å². The van der Waals surface area contributed by atoms with Gasteiger partial charge in [0.15, 0.2) is 0 Å². The molecule has 1 aliphatic rings. The summed E-state index contributed by atoms with van der Waals surface area (Å²) in [6.45, 7) is 0.181. The first-order chi connectivity index (χ1) is 12.0. The van der Waals surface area contributed by atoms with Crippen LogP contribution >= 0.6 is 0 Å². The third kappa shape index (κ3) is 3.60. The molecule has 1 fully saturated rings. The fourth-order valence-electron chi connectivity index (χ4n) is 2.74. The number of carbonyl (C=O) groups excluding carboxylic acids is 2. The SMILES string of the molecule is COc1cccc(N2C[C@H](C(=O)Nc3ccc(F)cc3F)CC2=O)c1. The number of halogens is 2. The Balaban J connectivity index is 1.72. The number of amides is 2. The first-order valence-corrected chi connectivity index (χ1v) is 7.68. The van der Waals surface area contributed by atoms with Crippen LogP contribution in [-0.4, -0.2) is 25.5 Å². The number of methoxy groups -OCH3 is 1. The maximum absolute atomic E-state index is 13.7. The van der Waals surface area contributed by atoms with Crippen molar-refractivity contribution in [3.8, 4) is 5.75 Å². The Morgan fingerprint density at radius 3 is 2.76 bits per heavy atom. The number of rotatable bonds is 4. The number of carbonyl (C=O) groups is 2. The largest absolute Gasteiger partial charge is 0.497 e. The summed E-state index contributed by atoms with van der Waals surface area (Å²) in [4.78, 5) is 26.1. The van der Waals surface area contributed by atoms with Crippen LogP contribution in [0.5, 0.6) is 5.75 Å². The number of hydrogen-bond donors (Lipinski definition) is 1. The lowest BCUT2D eigenvalue weighted by Gasteiger charge is -2.17. The van der Waals surface area contributed by atoms with Crippen LogP contribution in [0.4, 0.5) is 20.2 Å². The van der Waals surface area contributed by atoms with Crippen LogP contribution in [0, 0.1) is 17.6 Å². The van der Waals surface area contributed by atoms with Crippen LogP contribution in [-0.2, 0) is 9.59 Å². The molecule has 1 saturated heterocycles. The third-order valence-corrected chi connectivity index (χ3v) is 4.05. The van der Waals surface area contributed by atoms with Gasteiger partial charge in [0, 0.05) is 30.8 Å². The number of nitrogens with zero attached hydrogens (tertiary/aromatic N) is 1. The van der Waals surface area contributed by atoms with Crippen molar-refractivity contribution in [1.29, 1.82) is 0 Å². The van der Waals surface area contributed by atoms with Gasteiger partial charge in [-0.05, 0) is 24.3 Å². The quantitative estimate of drug-likeness (QED) is 0.926. The molecular formula is C18H16F2N2O3. The molecule has 0 bridgehead atoms. The lowest BCUT2D eigenvalue weighted by atomic mass is 10.1. The van der Waals surface area contributed by atoms with Crippen LogP contribution in [0.1, 0.15) is 6.42 Å². The number of benzene rings is 2. The molecule has 0 saturated carbocycles. The molecular weight excluding hydrogens is 330 g/mol. The molecule has 130 valence electrons. The van der Waals surface area contributed by atoms with Gasteiger partial charge in [0.05, 0.1) is 18.7 Å². The lowest BCUT2D eigenvalue weighted by Crippen LogP contribution is -2.28. The maximum Gasteiger partial charge on any atom is 0.229 e. The first kappa shape index (κ1) is 16.9. The van der Waals surface area contributed by atoms with Crippen molar-refractivity contribution in [2.45, 2.75) is 6.42 Å². The van der Waals surface area contributed by atoms with Gasteiger partial charge in [0.2, 0.25) is 11.8 Å². The highest BCUT2D eigenvalue weighted by Gasteiger charge is 2.35. The van der Waals surface area contributed by atoms with E-state index in [0.717, 1.165) is 12.1 Å². The van der Waals surface area contributed by atoms with Gasteiger partial charge >= 0.3 is 0 Å². The summed E-state index contributed by atoms with van der Waals surface area (Å²) >= 11 is 0. The van der Waals surface area contributed by atoms with E-state index < -0.39 is 23.5 Å². The van der Waals surface area contributed by atoms with Crippen molar-refractivity contribution >= 4 is 23.2 Å². The predicted molar refractivity (Wildman–Crippen MR) is 88.4 cm³/mol. The number of nitrogens with one attached hydrogen (secondary N) is 1. The fraction of sp³-hybridized carbons (Fsp3) is 0.222. The molecule has 2 aromatic rings. The predicted octanol–water partition coefficient (Wildman–Crippen LogP) is 2.97. The lowest BCUT2D eigenvalue weighted by molar-refractivity contribution is -0.122. The van der Waals surface area contributed by atoms with Gasteiger partial charge in [-0.1, -0.05) is 6.07 Å². The molecule has 1 aliphatic heterocycles. The van der Waals surface area contributed by atoms with Gasteiger partial charge in [-0.2, -0.15) is 0 Å². The summed E-state index contributed by atoms with van der Waals surface area (Å²) in [5.41, 5.74) is 0.520. The Hall–Kier alpha value is -2.96. The smallest absolute Gasteiger partial charge is 0.229 e. The highest BCUT2D eigenvalue weighted by Crippen LogP contribution is 2.28. The minimum absolute atomic E-state index is 0.0197. The van der Waals surface area contributed by atoms with Gasteiger partial charge in [-0.15, -0.1) is 0 Å². The van der Waals surface area contributed by atoms with E-state index in [2.05, 4.69) is 5.32 Å². The molecule has 5 nitrogen and oxygen atoms in total. The summed E-state index contributed by atoms with van der Waals surface area (Å²) in [6.07, 6.45) is 0.0197. The zero-order valence-corrected chi connectivity index (χ0v) is 13.5. The topological polar surface area (TPSA) is 58.6 Å². The molecule has 0 aliphatic carbocycles. The van der Waals surface area contributed by atoms with Gasteiger partial charge in [0.1, 0.15) is 17.4 Å². The minimum atomic E-state index is -0.859. The maximum atomic E-state index is 13.7. The highest BCUT2D eigenvalue weighted by molar-refractivity contribution is 6.03. The second-order valence-electron chi connectivity index (χ2n) is 5.72. The molecule has 2 amide bonds. The number of hydrogen-bond acceptors (Lipinski definition) is 3. The van der Waals surface area contributed by atoms with Gasteiger partial charge in [-0.3, -0.25) is 9.59 Å². The van der Waals surface area contributed by atoms with E-state index in [4.69, 9.17) is 4.74 Å². The summed E-state index contributed by atoms with van der Waals surface area (Å²) < 4.78 is 31.7. The zero-order chi connectivity index (χ0) is 18.0. The fourth-order valence-corrected chi connectivity index (χ4v) is 2.74. The van der Waals surface area contributed by atoms with E-state index in [1.807, 2.05) is 0 Å². The minimum Gasteiger partial charge on any atom is -0.497 e. The van der Waals surface area contributed by atoms with Crippen molar-refractivity contribution in [2.75, 3.05) is 23.9 Å². The Labute approximate surface area is 143 Å². The Morgan fingerprint density at radius 1 is 1.24 bits per heavy atom. The molecule has 0 unspecified atom stereocenters.